The van der Waals surface area contributed by atoms with E-state index in [4.69, 9.17) is 14.7 Å². The molecule has 2 rings (SSSR count). The van der Waals surface area contributed by atoms with Gasteiger partial charge >= 0.3 is 5.91 Å². The summed E-state index contributed by atoms with van der Waals surface area (Å²) in [6, 6.07) is 1.65. The number of furan rings is 1. The van der Waals surface area contributed by atoms with Crippen LogP contribution in [0, 0.1) is 13.8 Å². The average molecular weight is 268 g/mol. The topological polar surface area (TPSA) is 107 Å². The Morgan fingerprint density at radius 3 is 2.83 bits per heavy atom. The number of carbonyl (C=O) groups excluding carboxylic acids is 1. The normalized spacial score (nSPS) is 10.6. The van der Waals surface area contributed by atoms with Crippen LogP contribution in [-0.2, 0) is 5.75 Å². The number of hydrogen-bond acceptors (Lipinski definition) is 7. The van der Waals surface area contributed by atoms with Crippen LogP contribution < -0.4 is 11.3 Å². The largest absolute Gasteiger partial charge is 0.456 e. The second kappa shape index (κ2) is 5.23. The minimum absolute atomic E-state index is 0.187. The van der Waals surface area contributed by atoms with Crippen LogP contribution in [0.15, 0.2) is 20.1 Å². The maximum absolute atomic E-state index is 11.3. The fraction of sp³-hybridized carbons (Fsp3) is 0.300. The van der Waals surface area contributed by atoms with Gasteiger partial charge in [0.15, 0.2) is 5.76 Å². The Bertz CT molecular complexity index is 563. The number of hydrogen-bond donors (Lipinski definition) is 2. The van der Waals surface area contributed by atoms with Gasteiger partial charge in [-0.2, -0.15) is 0 Å². The number of nitrogens with one attached hydrogen (secondary N) is 1. The first-order chi connectivity index (χ1) is 8.60. The van der Waals surface area contributed by atoms with E-state index >= 15 is 0 Å². The van der Waals surface area contributed by atoms with E-state index in [-0.39, 0.29) is 5.76 Å². The highest BCUT2D eigenvalue weighted by atomic mass is 32.2. The smallest absolute Gasteiger partial charge is 0.300 e. The molecule has 0 fully saturated rings. The highest BCUT2D eigenvalue weighted by molar-refractivity contribution is 7.98. The SMILES string of the molecule is Cc1nnc(SCc2cc(C(=O)NN)oc2C)o1. The van der Waals surface area contributed by atoms with Crippen molar-refractivity contribution in [2.75, 3.05) is 0 Å². The second-order valence-electron chi connectivity index (χ2n) is 3.54. The zero-order valence-electron chi connectivity index (χ0n) is 9.89. The number of nitrogens with zero attached hydrogens (tertiary/aromatic N) is 2. The van der Waals surface area contributed by atoms with Crippen molar-refractivity contribution < 1.29 is 13.6 Å². The van der Waals surface area contributed by atoms with Crippen LogP contribution in [0.25, 0.3) is 0 Å². The summed E-state index contributed by atoms with van der Waals surface area (Å²) in [7, 11) is 0. The van der Waals surface area contributed by atoms with Crippen molar-refractivity contribution >= 4 is 17.7 Å². The van der Waals surface area contributed by atoms with E-state index in [1.165, 1.54) is 11.8 Å². The molecule has 0 unspecified atom stereocenters. The number of nitrogen functional groups attached to an aromatic ring is 1. The predicted octanol–water partition coefficient (Wildman–Crippen LogP) is 1.18. The van der Waals surface area contributed by atoms with Crippen LogP contribution in [0.2, 0.25) is 0 Å². The lowest BCUT2D eigenvalue weighted by Gasteiger charge is -1.93. The van der Waals surface area contributed by atoms with Gasteiger partial charge in [0, 0.05) is 18.2 Å². The van der Waals surface area contributed by atoms with Gasteiger partial charge in [0.05, 0.1) is 0 Å². The molecule has 3 N–H and O–H groups in total. The van der Waals surface area contributed by atoms with Gasteiger partial charge in [0.1, 0.15) is 5.76 Å². The third kappa shape index (κ3) is 2.71. The van der Waals surface area contributed by atoms with E-state index in [0.717, 1.165) is 5.56 Å². The van der Waals surface area contributed by atoms with Gasteiger partial charge in [0.2, 0.25) is 5.89 Å². The Hall–Kier alpha value is -1.80. The molecule has 2 aromatic rings. The Labute approximate surface area is 107 Å². The lowest BCUT2D eigenvalue weighted by Crippen LogP contribution is -2.29. The number of aryl methyl sites for hydroxylation is 2. The molecule has 0 aliphatic carbocycles. The van der Waals surface area contributed by atoms with E-state index < -0.39 is 5.91 Å². The quantitative estimate of drug-likeness (QED) is 0.371. The summed E-state index contributed by atoms with van der Waals surface area (Å²) in [6.07, 6.45) is 0. The van der Waals surface area contributed by atoms with Crippen LogP contribution >= 0.6 is 11.8 Å². The highest BCUT2D eigenvalue weighted by Gasteiger charge is 2.14. The van der Waals surface area contributed by atoms with Gasteiger partial charge in [0.25, 0.3) is 5.22 Å². The Morgan fingerprint density at radius 2 is 2.22 bits per heavy atom. The predicted molar refractivity (Wildman–Crippen MR) is 63.7 cm³/mol. The lowest BCUT2D eigenvalue weighted by atomic mass is 10.3. The first-order valence-corrected chi connectivity index (χ1v) is 6.12. The van der Waals surface area contributed by atoms with E-state index in [1.54, 1.807) is 19.9 Å². The number of aromatic nitrogens is 2. The zero-order chi connectivity index (χ0) is 13.1. The molecule has 2 aromatic heterocycles. The summed E-state index contributed by atoms with van der Waals surface area (Å²) >= 11 is 1.38. The number of nitrogens with two attached hydrogens (primary N) is 1. The molecular weight excluding hydrogens is 256 g/mol. The van der Waals surface area contributed by atoms with Crippen LogP contribution in [-0.4, -0.2) is 16.1 Å². The summed E-state index contributed by atoms with van der Waals surface area (Å²) in [6.45, 7) is 3.51. The average Bonchev–Trinajstić information content (AvgIpc) is 2.92. The van der Waals surface area contributed by atoms with Gasteiger partial charge in [-0.05, 0) is 13.0 Å². The summed E-state index contributed by atoms with van der Waals surface area (Å²) in [4.78, 5) is 11.3. The number of rotatable bonds is 4. The molecule has 0 saturated carbocycles. The Kier molecular flexibility index (Phi) is 3.68. The van der Waals surface area contributed by atoms with Crippen molar-refractivity contribution in [3.8, 4) is 0 Å². The van der Waals surface area contributed by atoms with Crippen LogP contribution in [0.3, 0.4) is 0 Å². The van der Waals surface area contributed by atoms with Crippen molar-refractivity contribution in [1.29, 1.82) is 0 Å². The summed E-state index contributed by atoms with van der Waals surface area (Å²) in [5, 5.41) is 8.08. The van der Waals surface area contributed by atoms with Gasteiger partial charge in [-0.15, -0.1) is 10.2 Å². The molecule has 0 radical (unpaired) electrons. The van der Waals surface area contributed by atoms with Crippen molar-refractivity contribution in [2.45, 2.75) is 24.8 Å². The maximum Gasteiger partial charge on any atom is 0.300 e. The monoisotopic (exact) mass is 268 g/mol. The maximum atomic E-state index is 11.3. The van der Waals surface area contributed by atoms with Crippen LogP contribution in [0.5, 0.6) is 0 Å². The van der Waals surface area contributed by atoms with E-state index in [1.807, 2.05) is 5.43 Å². The third-order valence-corrected chi connectivity index (χ3v) is 3.10. The molecule has 8 heteroatoms. The molecule has 2 heterocycles. The minimum atomic E-state index is -0.456. The lowest BCUT2D eigenvalue weighted by molar-refractivity contribution is 0.0924. The van der Waals surface area contributed by atoms with Crippen LogP contribution in [0.1, 0.15) is 27.8 Å². The third-order valence-electron chi connectivity index (χ3n) is 2.23. The Morgan fingerprint density at radius 1 is 1.44 bits per heavy atom. The number of amides is 1. The zero-order valence-corrected chi connectivity index (χ0v) is 10.7. The fourth-order valence-electron chi connectivity index (χ4n) is 1.32. The molecule has 0 saturated heterocycles. The molecule has 0 aliphatic heterocycles. The molecule has 0 atom stereocenters. The van der Waals surface area contributed by atoms with E-state index in [0.29, 0.717) is 22.6 Å². The first-order valence-electron chi connectivity index (χ1n) is 5.13. The highest BCUT2D eigenvalue weighted by Crippen LogP contribution is 2.25. The second-order valence-corrected chi connectivity index (χ2v) is 4.47. The molecule has 18 heavy (non-hydrogen) atoms. The first kappa shape index (κ1) is 12.7. The van der Waals surface area contributed by atoms with Crippen molar-refractivity contribution in [1.82, 2.24) is 15.6 Å². The fourth-order valence-corrected chi connectivity index (χ4v) is 2.17. The van der Waals surface area contributed by atoms with Crippen molar-refractivity contribution in [2.24, 2.45) is 5.84 Å². The molecule has 0 aliphatic rings. The van der Waals surface area contributed by atoms with Crippen molar-refractivity contribution in [3.05, 3.63) is 29.0 Å². The number of thioether (sulfide) groups is 1. The van der Waals surface area contributed by atoms with Gasteiger partial charge in [-0.1, -0.05) is 11.8 Å². The van der Waals surface area contributed by atoms with E-state index in [2.05, 4.69) is 10.2 Å². The van der Waals surface area contributed by atoms with Gasteiger partial charge in [-0.25, -0.2) is 5.84 Å². The number of hydrazine groups is 1. The molecule has 1 amide bonds. The minimum Gasteiger partial charge on any atom is -0.456 e. The van der Waals surface area contributed by atoms with E-state index in [9.17, 15) is 4.79 Å². The summed E-state index contributed by atoms with van der Waals surface area (Å²) in [5.41, 5.74) is 2.90. The standard InChI is InChI=1S/C10H12N4O3S/c1-5-7(3-8(16-5)9(15)12-11)4-18-10-14-13-6(2)17-10/h3H,4,11H2,1-2H3,(H,12,15). The molecule has 96 valence electrons. The summed E-state index contributed by atoms with van der Waals surface area (Å²) in [5.74, 6) is 6.53. The van der Waals surface area contributed by atoms with Gasteiger partial charge < -0.3 is 8.83 Å². The molecule has 0 spiro atoms. The summed E-state index contributed by atoms with van der Waals surface area (Å²) < 4.78 is 10.5. The molecule has 7 nitrogen and oxygen atoms in total. The van der Waals surface area contributed by atoms with Crippen molar-refractivity contribution in [3.63, 3.8) is 0 Å². The number of carbonyl (C=O) groups is 1. The molecule has 0 aromatic carbocycles. The molecule has 0 bridgehead atoms. The van der Waals surface area contributed by atoms with Crippen LogP contribution in [0.4, 0.5) is 0 Å². The van der Waals surface area contributed by atoms with Gasteiger partial charge in [-0.3, -0.25) is 10.2 Å². The Balaban J connectivity index is 2.05. The molecular formula is C10H12N4O3S.